The van der Waals surface area contributed by atoms with E-state index in [1.807, 2.05) is 36.5 Å². The Morgan fingerprint density at radius 1 is 0.690 bits per heavy atom. The van der Waals surface area contributed by atoms with Gasteiger partial charge in [0, 0.05) is 83.1 Å². The fraction of sp³-hybridized carbons (Fsp3) is 0.304. The Morgan fingerprint density at radius 3 is 1.91 bits per heavy atom. The number of pyridine rings is 1. The largest absolute Gasteiger partial charge is 0.478 e. The van der Waals surface area contributed by atoms with Crippen LogP contribution >= 0.6 is 0 Å². The van der Waals surface area contributed by atoms with Gasteiger partial charge in [0.25, 0.3) is 0 Å². The fourth-order valence-corrected chi connectivity index (χ4v) is 8.90. The maximum absolute atomic E-state index is 11.4. The zero-order valence-corrected chi connectivity index (χ0v) is 38.1. The van der Waals surface area contributed by atoms with E-state index in [2.05, 4.69) is 56.3 Å². The molecule has 12 heteroatoms. The van der Waals surface area contributed by atoms with Gasteiger partial charge in [-0.3, -0.25) is 11.5 Å². The molecule has 3 aliphatic rings. The SMILES string of the molecule is O=C(O)c1ccc2c(c1)nc(-c1cc3cc[c-]cc3cn1)n2C1CCCCC1.O=C(O)c1ccc2c(c1)nc(-c1ccc3c(c1)CN[CH-]C3)n2C1CCCCC1.[Y].[Y]. The average molecular weight is 923 g/mol. The average Bonchev–Trinajstić information content (AvgIpc) is 3.83. The summed E-state index contributed by atoms with van der Waals surface area (Å²) in [4.78, 5) is 37.3. The van der Waals surface area contributed by atoms with Gasteiger partial charge in [0.1, 0.15) is 11.5 Å². The summed E-state index contributed by atoms with van der Waals surface area (Å²) in [7, 11) is 0. The van der Waals surface area contributed by atoms with Crippen molar-refractivity contribution in [1.29, 1.82) is 0 Å². The summed E-state index contributed by atoms with van der Waals surface area (Å²) in [5, 5.41) is 24.2. The van der Waals surface area contributed by atoms with Gasteiger partial charge >= 0.3 is 11.9 Å². The van der Waals surface area contributed by atoms with Crippen LogP contribution < -0.4 is 5.32 Å². The first kappa shape index (κ1) is 42.5. The third-order valence-corrected chi connectivity index (χ3v) is 11.8. The summed E-state index contributed by atoms with van der Waals surface area (Å²) in [6.45, 7) is 2.95. The van der Waals surface area contributed by atoms with Crippen LogP contribution in [0.4, 0.5) is 0 Å². The molecule has 0 amide bonds. The van der Waals surface area contributed by atoms with Gasteiger partial charge in [-0.25, -0.2) is 19.6 Å². The maximum Gasteiger partial charge on any atom is 0.335 e. The molecule has 3 aromatic heterocycles. The number of rotatable bonds is 6. The third kappa shape index (κ3) is 8.64. The monoisotopic (exact) mass is 922 g/mol. The molecular formula is C46H44N6O4Y2-2. The van der Waals surface area contributed by atoms with Crippen molar-refractivity contribution in [1.82, 2.24) is 29.4 Å². The molecular weight excluding hydrogens is 878 g/mol. The summed E-state index contributed by atoms with van der Waals surface area (Å²) in [6, 6.07) is 28.9. The molecule has 0 atom stereocenters. The van der Waals surface area contributed by atoms with Crippen molar-refractivity contribution < 1.29 is 85.2 Å². The number of aromatic nitrogens is 5. The van der Waals surface area contributed by atoms with Gasteiger partial charge in [0.05, 0.1) is 33.2 Å². The zero-order valence-electron chi connectivity index (χ0n) is 32.4. The molecule has 0 spiro atoms. The molecule has 4 aromatic carbocycles. The molecule has 10 rings (SSSR count). The van der Waals surface area contributed by atoms with E-state index in [0.29, 0.717) is 17.6 Å². The first-order valence-electron chi connectivity index (χ1n) is 19.9. The second-order valence-electron chi connectivity index (χ2n) is 15.3. The molecule has 58 heavy (non-hydrogen) atoms. The van der Waals surface area contributed by atoms with Gasteiger partial charge < -0.3 is 24.7 Å². The molecule has 290 valence electrons. The van der Waals surface area contributed by atoms with E-state index in [1.165, 1.54) is 49.7 Å². The normalized spacial score (nSPS) is 15.9. The van der Waals surface area contributed by atoms with Gasteiger partial charge in [-0.1, -0.05) is 56.2 Å². The maximum atomic E-state index is 11.4. The number of aromatic carboxylic acids is 2. The van der Waals surface area contributed by atoms with E-state index in [9.17, 15) is 19.8 Å². The first-order valence-corrected chi connectivity index (χ1v) is 19.9. The van der Waals surface area contributed by atoms with Crippen LogP contribution in [-0.4, -0.2) is 46.2 Å². The Balaban J connectivity index is 0.000000171. The minimum atomic E-state index is -0.934. The third-order valence-electron chi connectivity index (χ3n) is 11.8. The van der Waals surface area contributed by atoms with Crippen molar-refractivity contribution in [3.05, 3.63) is 120 Å². The number of benzene rings is 4. The molecule has 2 aliphatic carbocycles. The van der Waals surface area contributed by atoms with Crippen molar-refractivity contribution >= 4 is 44.8 Å². The number of hydrogen-bond donors (Lipinski definition) is 3. The molecule has 0 unspecified atom stereocenters. The molecule has 2 saturated carbocycles. The summed E-state index contributed by atoms with van der Waals surface area (Å²) in [5.74, 6) is -0.0662. The van der Waals surface area contributed by atoms with E-state index in [-0.39, 0.29) is 76.5 Å². The molecule has 1 aliphatic heterocycles. The van der Waals surface area contributed by atoms with Gasteiger partial charge in [0.15, 0.2) is 5.82 Å². The van der Waals surface area contributed by atoms with Crippen LogP contribution in [0.15, 0.2) is 85.1 Å². The molecule has 2 radical (unpaired) electrons. The van der Waals surface area contributed by atoms with E-state index in [4.69, 9.17) is 9.97 Å². The standard InChI is InChI=1S/C23H20N3O2.C23H24N3O2.2Y/c27-23(28)16-10-11-21-19(13-16)25-22(26(21)18-8-2-1-3-9-18)20-12-15-6-4-5-7-17(15)14-24-20;27-23(28)17-8-9-21-20(13-17)25-22(26(21)19-4-2-1-3-5-19)16-7-6-15-10-11-24-14-18(15)12-16;;/h4,6-7,10-14,18H,1-3,8-9H2,(H,27,28);6-9,11-13,19,24H,1-5,10,14H2,(H,27,28);;/q2*-1;;. The van der Waals surface area contributed by atoms with Crippen LogP contribution in [0.25, 0.3) is 55.7 Å². The number of carboxylic acids is 2. The second kappa shape index (κ2) is 18.7. The predicted molar refractivity (Wildman–Crippen MR) is 217 cm³/mol. The van der Waals surface area contributed by atoms with Crippen molar-refractivity contribution in [3.63, 3.8) is 0 Å². The van der Waals surface area contributed by atoms with Crippen molar-refractivity contribution in [3.8, 4) is 22.9 Å². The van der Waals surface area contributed by atoms with Gasteiger partial charge in [-0.15, -0.1) is 17.2 Å². The van der Waals surface area contributed by atoms with Crippen LogP contribution in [-0.2, 0) is 78.4 Å². The topological polar surface area (TPSA) is 135 Å². The minimum absolute atomic E-state index is 0. The number of nitrogens with zero attached hydrogens (tertiary/aromatic N) is 5. The Hall–Kier alpha value is -3.66. The van der Waals surface area contributed by atoms with Crippen LogP contribution in [0.5, 0.6) is 0 Å². The van der Waals surface area contributed by atoms with Crippen LogP contribution in [0.3, 0.4) is 0 Å². The van der Waals surface area contributed by atoms with Crippen molar-refractivity contribution in [2.45, 2.75) is 89.3 Å². The molecule has 3 N–H and O–H groups in total. The van der Waals surface area contributed by atoms with Crippen LogP contribution in [0.1, 0.15) is 108 Å². The van der Waals surface area contributed by atoms with E-state index in [0.717, 1.165) is 88.9 Å². The molecule has 0 bridgehead atoms. The number of carboxylic acid groups (broad SMARTS) is 2. The molecule has 10 nitrogen and oxygen atoms in total. The Kier molecular flexibility index (Phi) is 13.7. The summed E-state index contributed by atoms with van der Waals surface area (Å²) in [6.07, 6.45) is 14.8. The number of imidazole rings is 2. The van der Waals surface area contributed by atoms with E-state index >= 15 is 0 Å². The Bertz CT molecular complexity index is 2610. The minimum Gasteiger partial charge on any atom is -0.478 e. The van der Waals surface area contributed by atoms with Gasteiger partial charge in [-0.2, -0.15) is 24.3 Å². The number of fused-ring (bicyclic) bond motifs is 4. The van der Waals surface area contributed by atoms with Crippen molar-refractivity contribution in [2.24, 2.45) is 0 Å². The smallest absolute Gasteiger partial charge is 0.335 e. The second-order valence-corrected chi connectivity index (χ2v) is 15.3. The Morgan fingerprint density at radius 2 is 1.29 bits per heavy atom. The van der Waals surface area contributed by atoms with E-state index < -0.39 is 11.9 Å². The number of nitrogens with one attached hydrogen (secondary N) is 1. The molecule has 7 aromatic rings. The summed E-state index contributed by atoms with van der Waals surface area (Å²) >= 11 is 0. The van der Waals surface area contributed by atoms with Gasteiger partial charge in [-0.05, 0) is 92.5 Å². The van der Waals surface area contributed by atoms with Gasteiger partial charge in [0.2, 0.25) is 0 Å². The van der Waals surface area contributed by atoms with Crippen molar-refractivity contribution in [2.75, 3.05) is 0 Å². The van der Waals surface area contributed by atoms with Crippen LogP contribution in [0, 0.1) is 12.6 Å². The fourth-order valence-electron chi connectivity index (χ4n) is 8.90. The number of hydrogen-bond acceptors (Lipinski definition) is 6. The Labute approximate surface area is 388 Å². The quantitative estimate of drug-likeness (QED) is 0.140. The first-order chi connectivity index (χ1) is 27.4. The molecule has 4 heterocycles. The molecule has 0 saturated heterocycles. The summed E-state index contributed by atoms with van der Waals surface area (Å²) in [5.41, 5.74) is 8.65. The molecule has 2 fully saturated rings. The van der Waals surface area contributed by atoms with E-state index in [1.54, 1.807) is 24.3 Å². The number of carbonyl (C=O) groups is 2. The predicted octanol–water partition coefficient (Wildman–Crippen LogP) is 9.96. The summed E-state index contributed by atoms with van der Waals surface area (Å²) < 4.78 is 4.65. The zero-order chi connectivity index (χ0) is 38.2. The van der Waals surface area contributed by atoms with Crippen LogP contribution in [0.2, 0.25) is 0 Å².